The number of carboxylic acid groups (broad SMARTS) is 1. The molecule has 268 valence electrons. The number of carboxylic acids is 1. The molecular weight excluding hydrogens is 737 g/mol. The molecule has 0 radical (unpaired) electrons. The standard InChI is InChI=1S/C46H36ClN3O3.Ni/c47-36-23-24-40(39(26-36)45(33-15-5-2-6-16-33)49-41(46(52)53)25-30-11-3-1-4-12-30)48-42(51)29-50-27-34-21-19-31-13-7-9-17-37(31)43(34)44-35(28-50)22-20-32-14-8-10-18-38(32)44;/h1-24,26,41H,25,27-29H2,(H,48,51)(H,52,53);/q;+2/p-2/t41-;/m0./s1. The first kappa shape index (κ1) is 36.8. The van der Waals surface area contributed by atoms with Crippen molar-refractivity contribution in [3.63, 3.8) is 0 Å². The number of carbonyl (C=O) groups is 1. The molecule has 0 aliphatic carbocycles. The van der Waals surface area contributed by atoms with Crippen LogP contribution in [0.1, 0.15) is 27.8 Å². The van der Waals surface area contributed by atoms with Crippen molar-refractivity contribution in [2.75, 3.05) is 6.54 Å². The Bertz CT molecular complexity index is 2450. The van der Waals surface area contributed by atoms with Crippen molar-refractivity contribution in [2.45, 2.75) is 25.6 Å². The molecule has 0 bridgehead atoms. The molecule has 7 aromatic rings. The minimum atomic E-state index is -1.30. The third kappa shape index (κ3) is 7.71. The largest absolute Gasteiger partial charge is 2.00 e. The minimum Gasteiger partial charge on any atom is -0.861 e. The second-order valence-corrected chi connectivity index (χ2v) is 13.8. The van der Waals surface area contributed by atoms with Crippen LogP contribution >= 0.6 is 11.6 Å². The molecule has 0 N–H and O–H groups in total. The van der Waals surface area contributed by atoms with Gasteiger partial charge in [-0.3, -0.25) is 14.9 Å². The van der Waals surface area contributed by atoms with Gasteiger partial charge >= 0.3 is 16.5 Å². The van der Waals surface area contributed by atoms with Crippen LogP contribution in [0.15, 0.2) is 162 Å². The Morgan fingerprint density at radius 1 is 0.685 bits per heavy atom. The Balaban J connectivity index is 0.00000450. The van der Waals surface area contributed by atoms with Crippen molar-refractivity contribution in [1.29, 1.82) is 0 Å². The van der Waals surface area contributed by atoms with Crippen molar-refractivity contribution < 1.29 is 31.5 Å². The fraction of sp³-hybridized carbons (Fsp3) is 0.109. The van der Waals surface area contributed by atoms with Crippen LogP contribution in [0.5, 0.6) is 0 Å². The molecule has 8 heteroatoms. The first-order valence-electron chi connectivity index (χ1n) is 17.6. The Morgan fingerprint density at radius 3 is 1.83 bits per heavy atom. The Labute approximate surface area is 329 Å². The summed E-state index contributed by atoms with van der Waals surface area (Å²) in [5.74, 6) is -1.64. The fourth-order valence-corrected chi connectivity index (χ4v) is 7.54. The smallest absolute Gasteiger partial charge is 0.861 e. The summed E-state index contributed by atoms with van der Waals surface area (Å²) in [4.78, 5) is 24.0. The van der Waals surface area contributed by atoms with E-state index in [9.17, 15) is 15.0 Å². The molecular formula is C46H34ClN3NiO3. The van der Waals surface area contributed by atoms with Gasteiger partial charge in [0.2, 0.25) is 0 Å². The van der Waals surface area contributed by atoms with E-state index in [-0.39, 0.29) is 35.4 Å². The van der Waals surface area contributed by atoms with Gasteiger partial charge in [-0.25, -0.2) is 0 Å². The maximum atomic E-state index is 14.0. The molecule has 0 spiro atoms. The van der Waals surface area contributed by atoms with Gasteiger partial charge in [0, 0.05) is 42.2 Å². The topological polar surface area (TPSA) is 91.1 Å². The van der Waals surface area contributed by atoms with Crippen molar-refractivity contribution in [2.24, 2.45) is 9.98 Å². The number of aliphatic carboxylic acids is 1. The second kappa shape index (κ2) is 16.2. The number of aliphatic imine (C=N–C) groups is 2. The summed E-state index contributed by atoms with van der Waals surface area (Å²) in [6.07, 6.45) is 0.133. The van der Waals surface area contributed by atoms with Crippen LogP contribution in [-0.2, 0) is 40.8 Å². The molecule has 0 fully saturated rings. The van der Waals surface area contributed by atoms with Crippen LogP contribution in [0.4, 0.5) is 5.69 Å². The first-order chi connectivity index (χ1) is 25.9. The maximum Gasteiger partial charge on any atom is 2.00 e. The summed E-state index contributed by atoms with van der Waals surface area (Å²) in [6.45, 7) is 1.18. The third-order valence-corrected chi connectivity index (χ3v) is 10.00. The van der Waals surface area contributed by atoms with Crippen molar-refractivity contribution in [3.05, 3.63) is 184 Å². The van der Waals surface area contributed by atoms with Crippen molar-refractivity contribution in [1.82, 2.24) is 4.90 Å². The summed E-state index contributed by atoms with van der Waals surface area (Å²) in [7, 11) is 0. The third-order valence-electron chi connectivity index (χ3n) is 9.76. The number of halogens is 1. The second-order valence-electron chi connectivity index (χ2n) is 13.3. The number of rotatable bonds is 9. The Morgan fingerprint density at radius 2 is 1.24 bits per heavy atom. The van der Waals surface area contributed by atoms with Crippen LogP contribution in [0.2, 0.25) is 5.02 Å². The van der Waals surface area contributed by atoms with Gasteiger partial charge in [0.25, 0.3) is 0 Å². The average molecular weight is 771 g/mol. The number of carbonyl (C=O) groups excluding carboxylic acids is 1. The first-order valence-corrected chi connectivity index (χ1v) is 18.0. The molecule has 7 aromatic carbocycles. The summed E-state index contributed by atoms with van der Waals surface area (Å²) >= 11 is 6.55. The molecule has 0 saturated heterocycles. The van der Waals surface area contributed by atoms with Gasteiger partial charge in [0.1, 0.15) is 0 Å². The Kier molecular flexibility index (Phi) is 11.0. The summed E-state index contributed by atoms with van der Waals surface area (Å²) < 4.78 is 0. The molecule has 54 heavy (non-hydrogen) atoms. The van der Waals surface area contributed by atoms with E-state index in [2.05, 4.69) is 82.7 Å². The molecule has 0 unspecified atom stereocenters. The maximum absolute atomic E-state index is 14.0. The van der Waals surface area contributed by atoms with Crippen LogP contribution in [-0.4, -0.2) is 35.1 Å². The molecule has 0 aromatic heterocycles. The van der Waals surface area contributed by atoms with E-state index in [0.717, 1.165) is 16.7 Å². The van der Waals surface area contributed by atoms with Gasteiger partial charge in [-0.05, 0) is 73.5 Å². The van der Waals surface area contributed by atoms with Gasteiger partial charge in [0.05, 0.1) is 23.4 Å². The van der Waals surface area contributed by atoms with Crippen LogP contribution in [0, 0.1) is 0 Å². The zero-order chi connectivity index (χ0) is 36.3. The molecule has 0 saturated carbocycles. The van der Waals surface area contributed by atoms with Crippen LogP contribution in [0.25, 0.3) is 32.7 Å². The molecule has 1 aliphatic heterocycles. The summed E-state index contributed by atoms with van der Waals surface area (Å²) in [5, 5.41) is 31.6. The SMILES string of the molecule is O=C([O-])[C@H](Cc1ccccc1)N=C(c1ccccc1)c1cc(Cl)ccc1N=C([O-])CN1Cc2ccc3ccccc3c2-c2c(ccc3ccccc23)C1.[Ni+2]. The van der Waals surface area contributed by atoms with Crippen LogP contribution in [0.3, 0.4) is 0 Å². The molecule has 6 nitrogen and oxygen atoms in total. The van der Waals surface area contributed by atoms with E-state index >= 15 is 0 Å². The van der Waals surface area contributed by atoms with E-state index in [1.165, 1.54) is 32.7 Å². The minimum absolute atomic E-state index is 0. The van der Waals surface area contributed by atoms with Gasteiger partial charge in [-0.2, -0.15) is 0 Å². The fourth-order valence-electron chi connectivity index (χ4n) is 7.36. The molecule has 1 aliphatic rings. The summed E-state index contributed by atoms with van der Waals surface area (Å²) in [5.41, 5.74) is 7.33. The van der Waals surface area contributed by atoms with E-state index in [1.54, 1.807) is 18.2 Å². The number of benzene rings is 7. The number of fused-ring (bicyclic) bond motifs is 7. The number of nitrogens with zero attached hydrogens (tertiary/aromatic N) is 3. The van der Waals surface area contributed by atoms with Gasteiger partial charge in [0.15, 0.2) is 0 Å². The van der Waals surface area contributed by atoms with E-state index in [1.807, 2.05) is 60.7 Å². The van der Waals surface area contributed by atoms with Crippen molar-refractivity contribution in [3.8, 4) is 11.1 Å². The predicted octanol–water partition coefficient (Wildman–Crippen LogP) is 7.92. The Hall–Kier alpha value is -5.59. The van der Waals surface area contributed by atoms with E-state index in [4.69, 9.17) is 16.6 Å². The average Bonchev–Trinajstić information content (AvgIpc) is 3.34. The normalized spacial score (nSPS) is 13.8. The molecule has 1 atom stereocenters. The van der Waals surface area contributed by atoms with Gasteiger partial charge < -0.3 is 15.0 Å². The van der Waals surface area contributed by atoms with E-state index in [0.29, 0.717) is 40.6 Å². The molecule has 1 heterocycles. The quantitative estimate of drug-likeness (QED) is 0.0848. The monoisotopic (exact) mass is 769 g/mol. The number of hydrogen-bond acceptors (Lipinski definition) is 6. The molecule has 8 rings (SSSR count). The predicted molar refractivity (Wildman–Crippen MR) is 211 cm³/mol. The van der Waals surface area contributed by atoms with Crippen LogP contribution < -0.4 is 10.2 Å². The summed E-state index contributed by atoms with van der Waals surface area (Å²) in [6, 6.07) is 48.0. The van der Waals surface area contributed by atoms with E-state index < -0.39 is 12.0 Å². The number of hydrogen-bond donors (Lipinski definition) is 0. The van der Waals surface area contributed by atoms with Gasteiger partial charge in [-0.1, -0.05) is 145 Å². The van der Waals surface area contributed by atoms with Crippen molar-refractivity contribution >= 4 is 56.4 Å². The zero-order valence-corrected chi connectivity index (χ0v) is 30.8. The zero-order valence-electron chi connectivity index (χ0n) is 29.1. The molecule has 0 amide bonds. The van der Waals surface area contributed by atoms with Gasteiger partial charge in [-0.15, -0.1) is 0 Å².